The Morgan fingerprint density at radius 2 is 1.73 bits per heavy atom. The summed E-state index contributed by atoms with van der Waals surface area (Å²) in [4.78, 5) is 14.3. The number of carbonyl (C=O) groups is 1. The van der Waals surface area contributed by atoms with Gasteiger partial charge in [0.15, 0.2) is 0 Å². The molecule has 0 bridgehead atoms. The summed E-state index contributed by atoms with van der Waals surface area (Å²) in [7, 11) is 0. The minimum absolute atomic E-state index is 0.0150. The van der Waals surface area contributed by atoms with Crippen LogP contribution in [0.1, 0.15) is 25.0 Å². The average molecular weight is 314 g/mol. The number of rotatable bonds is 5. The molecule has 2 rings (SSSR count). The highest BCUT2D eigenvalue weighted by Crippen LogP contribution is 2.17. The van der Waals surface area contributed by atoms with E-state index in [1.54, 1.807) is 12.2 Å². The third-order valence-electron chi connectivity index (χ3n) is 3.41. The van der Waals surface area contributed by atoms with Crippen molar-refractivity contribution in [1.82, 2.24) is 4.90 Å². The highest BCUT2D eigenvalue weighted by molar-refractivity contribution is 6.32. The highest BCUT2D eigenvalue weighted by Gasteiger charge is 2.14. The Hall–Kier alpha value is -2.06. The van der Waals surface area contributed by atoms with E-state index in [4.69, 9.17) is 11.6 Å². The Balaban J connectivity index is 2.12. The van der Waals surface area contributed by atoms with Crippen LogP contribution in [0.25, 0.3) is 6.08 Å². The van der Waals surface area contributed by atoms with E-state index in [1.165, 1.54) is 0 Å². The van der Waals surface area contributed by atoms with Gasteiger partial charge < -0.3 is 4.90 Å². The number of benzene rings is 2. The molecule has 0 aliphatic heterocycles. The second-order valence-corrected chi connectivity index (χ2v) is 5.81. The van der Waals surface area contributed by atoms with Gasteiger partial charge in [-0.05, 0) is 37.1 Å². The van der Waals surface area contributed by atoms with Gasteiger partial charge in [-0.15, -0.1) is 0 Å². The van der Waals surface area contributed by atoms with Crippen molar-refractivity contribution in [2.24, 2.45) is 0 Å². The third kappa shape index (κ3) is 4.47. The van der Waals surface area contributed by atoms with Crippen LogP contribution in [-0.4, -0.2) is 16.8 Å². The second-order valence-electron chi connectivity index (χ2n) is 5.40. The molecule has 0 atom stereocenters. The molecule has 0 heterocycles. The zero-order valence-corrected chi connectivity index (χ0v) is 13.6. The van der Waals surface area contributed by atoms with E-state index in [-0.39, 0.29) is 11.9 Å². The van der Waals surface area contributed by atoms with Crippen molar-refractivity contribution in [3.63, 3.8) is 0 Å². The first-order valence-electron chi connectivity index (χ1n) is 7.35. The lowest BCUT2D eigenvalue weighted by Crippen LogP contribution is -2.35. The number of halogens is 1. The molecule has 2 aromatic carbocycles. The number of carbonyl (C=O) groups excluding carboxylic acids is 1. The van der Waals surface area contributed by atoms with Gasteiger partial charge in [0, 0.05) is 23.7 Å². The van der Waals surface area contributed by atoms with E-state index in [9.17, 15) is 4.79 Å². The Morgan fingerprint density at radius 3 is 2.36 bits per heavy atom. The fourth-order valence-corrected chi connectivity index (χ4v) is 2.36. The topological polar surface area (TPSA) is 20.3 Å². The van der Waals surface area contributed by atoms with Gasteiger partial charge in [0.2, 0.25) is 5.91 Å². The zero-order chi connectivity index (χ0) is 15.9. The molecule has 2 nitrogen and oxygen atoms in total. The van der Waals surface area contributed by atoms with Gasteiger partial charge in [-0.1, -0.05) is 60.1 Å². The molecule has 0 aromatic heterocycles. The van der Waals surface area contributed by atoms with Gasteiger partial charge in [0.05, 0.1) is 0 Å². The molecule has 0 spiro atoms. The van der Waals surface area contributed by atoms with Crippen LogP contribution in [0, 0.1) is 0 Å². The SMILES string of the molecule is CC(C)N(Cc1ccccc1)C(=O)C=Cc1ccccc1Cl. The van der Waals surface area contributed by atoms with Crippen LogP contribution in [0.5, 0.6) is 0 Å². The molecule has 0 fully saturated rings. The second kappa shape index (κ2) is 7.81. The molecule has 22 heavy (non-hydrogen) atoms. The van der Waals surface area contributed by atoms with Crippen LogP contribution in [0.3, 0.4) is 0 Å². The van der Waals surface area contributed by atoms with Gasteiger partial charge in [0.25, 0.3) is 0 Å². The maximum atomic E-state index is 12.5. The van der Waals surface area contributed by atoms with E-state index in [2.05, 4.69) is 0 Å². The molecule has 2 aromatic rings. The first-order chi connectivity index (χ1) is 10.6. The summed E-state index contributed by atoms with van der Waals surface area (Å²) in [5.74, 6) is -0.0150. The molecule has 0 N–H and O–H groups in total. The average Bonchev–Trinajstić information content (AvgIpc) is 2.52. The molecule has 1 amide bonds. The summed E-state index contributed by atoms with van der Waals surface area (Å²) >= 11 is 6.10. The lowest BCUT2D eigenvalue weighted by atomic mass is 10.1. The molecular weight excluding hydrogens is 294 g/mol. The summed E-state index contributed by atoms with van der Waals surface area (Å²) in [5, 5.41) is 0.644. The predicted molar refractivity (Wildman–Crippen MR) is 92.6 cm³/mol. The van der Waals surface area contributed by atoms with Gasteiger partial charge in [-0.2, -0.15) is 0 Å². The molecule has 3 heteroatoms. The van der Waals surface area contributed by atoms with E-state index in [0.717, 1.165) is 11.1 Å². The Kier molecular flexibility index (Phi) is 5.79. The summed E-state index contributed by atoms with van der Waals surface area (Å²) in [6, 6.07) is 17.6. The summed E-state index contributed by atoms with van der Waals surface area (Å²) in [5.41, 5.74) is 1.97. The first kappa shape index (κ1) is 16.3. The van der Waals surface area contributed by atoms with Crippen molar-refractivity contribution < 1.29 is 4.79 Å². The van der Waals surface area contributed by atoms with Crippen molar-refractivity contribution in [3.05, 3.63) is 76.8 Å². The van der Waals surface area contributed by atoms with Crippen molar-refractivity contribution in [1.29, 1.82) is 0 Å². The Morgan fingerprint density at radius 1 is 1.09 bits per heavy atom. The fraction of sp³-hybridized carbons (Fsp3) is 0.211. The van der Waals surface area contributed by atoms with E-state index in [0.29, 0.717) is 11.6 Å². The van der Waals surface area contributed by atoms with Gasteiger partial charge in [-0.25, -0.2) is 0 Å². The molecule has 0 unspecified atom stereocenters. The standard InChI is InChI=1S/C19H20ClNO/c1-15(2)21(14-16-8-4-3-5-9-16)19(22)13-12-17-10-6-7-11-18(17)20/h3-13,15H,14H2,1-2H3. The molecule has 0 aliphatic rings. The van der Waals surface area contributed by atoms with Crippen LogP contribution in [-0.2, 0) is 11.3 Å². The largest absolute Gasteiger partial charge is 0.332 e. The number of hydrogen-bond donors (Lipinski definition) is 0. The van der Waals surface area contributed by atoms with Crippen LogP contribution in [0.15, 0.2) is 60.7 Å². The Bertz CT molecular complexity index is 649. The summed E-state index contributed by atoms with van der Waals surface area (Å²) < 4.78 is 0. The molecule has 0 radical (unpaired) electrons. The van der Waals surface area contributed by atoms with Crippen molar-refractivity contribution in [3.8, 4) is 0 Å². The number of nitrogens with zero attached hydrogens (tertiary/aromatic N) is 1. The molecule has 114 valence electrons. The van der Waals surface area contributed by atoms with E-state index < -0.39 is 0 Å². The van der Waals surface area contributed by atoms with Gasteiger partial charge >= 0.3 is 0 Å². The summed E-state index contributed by atoms with van der Waals surface area (Å²) in [6.07, 6.45) is 3.36. The van der Waals surface area contributed by atoms with Gasteiger partial charge in [0.1, 0.15) is 0 Å². The van der Waals surface area contributed by atoms with Crippen LogP contribution in [0.4, 0.5) is 0 Å². The van der Waals surface area contributed by atoms with Crippen LogP contribution in [0.2, 0.25) is 5.02 Å². The van der Waals surface area contributed by atoms with Crippen molar-refractivity contribution >= 4 is 23.6 Å². The van der Waals surface area contributed by atoms with E-state index >= 15 is 0 Å². The minimum atomic E-state index is -0.0150. The van der Waals surface area contributed by atoms with Gasteiger partial charge in [-0.3, -0.25) is 4.79 Å². The molecule has 0 saturated heterocycles. The maximum Gasteiger partial charge on any atom is 0.247 e. The smallest absolute Gasteiger partial charge is 0.247 e. The van der Waals surface area contributed by atoms with Crippen molar-refractivity contribution in [2.45, 2.75) is 26.4 Å². The first-order valence-corrected chi connectivity index (χ1v) is 7.73. The minimum Gasteiger partial charge on any atom is -0.332 e. The summed E-state index contributed by atoms with van der Waals surface area (Å²) in [6.45, 7) is 4.64. The Labute approximate surface area is 137 Å². The van der Waals surface area contributed by atoms with Crippen molar-refractivity contribution in [2.75, 3.05) is 0 Å². The molecule has 0 saturated carbocycles. The van der Waals surface area contributed by atoms with Crippen LogP contribution < -0.4 is 0 Å². The normalized spacial score (nSPS) is 11.1. The lowest BCUT2D eigenvalue weighted by Gasteiger charge is -2.25. The number of amides is 1. The van der Waals surface area contributed by atoms with Crippen LogP contribution >= 0.6 is 11.6 Å². The molecule has 0 aliphatic carbocycles. The maximum absolute atomic E-state index is 12.5. The highest BCUT2D eigenvalue weighted by atomic mass is 35.5. The fourth-order valence-electron chi connectivity index (χ4n) is 2.16. The third-order valence-corrected chi connectivity index (χ3v) is 3.76. The lowest BCUT2D eigenvalue weighted by molar-refractivity contribution is -0.128. The molecular formula is C19H20ClNO. The van der Waals surface area contributed by atoms with E-state index in [1.807, 2.05) is 73.3 Å². The zero-order valence-electron chi connectivity index (χ0n) is 12.9. The number of hydrogen-bond acceptors (Lipinski definition) is 1. The monoisotopic (exact) mass is 313 g/mol. The quantitative estimate of drug-likeness (QED) is 0.727. The predicted octanol–water partition coefficient (Wildman–Crippen LogP) is 4.79.